The molecule has 98 valence electrons. The monoisotopic (exact) mass is 248 g/mol. The van der Waals surface area contributed by atoms with Crippen LogP contribution in [0.4, 0.5) is 0 Å². The molecule has 3 heteroatoms. The van der Waals surface area contributed by atoms with Gasteiger partial charge in [-0.3, -0.25) is 4.79 Å². The largest absolute Gasteiger partial charge is 0.504 e. The Morgan fingerprint density at radius 2 is 2.00 bits per heavy atom. The first-order valence-electron chi connectivity index (χ1n) is 6.62. The molecule has 0 fully saturated rings. The summed E-state index contributed by atoms with van der Waals surface area (Å²) in [7, 11) is 0. The summed E-state index contributed by atoms with van der Waals surface area (Å²) >= 11 is 0. The van der Waals surface area contributed by atoms with E-state index in [1.807, 2.05) is 6.92 Å². The van der Waals surface area contributed by atoms with Gasteiger partial charge in [0.05, 0.1) is 0 Å². The van der Waals surface area contributed by atoms with E-state index in [0.717, 1.165) is 42.4 Å². The number of aromatic hydroxyl groups is 2. The average Bonchev–Trinajstić information content (AvgIpc) is 2.43. The molecule has 1 aromatic rings. The molecule has 1 aliphatic rings. The van der Waals surface area contributed by atoms with Crippen LogP contribution in [-0.2, 0) is 12.8 Å². The third-order valence-electron chi connectivity index (χ3n) is 3.92. The third-order valence-corrected chi connectivity index (χ3v) is 3.92. The molecule has 1 aromatic carbocycles. The molecule has 2 rings (SSSR count). The SMILES string of the molecule is CCCC1CCc2c(O)c(O)c(=O)cc(C)c2C1. The summed E-state index contributed by atoms with van der Waals surface area (Å²) in [6.07, 6.45) is 4.99. The summed E-state index contributed by atoms with van der Waals surface area (Å²) in [6.45, 7) is 4.06. The molecule has 0 bridgehead atoms. The zero-order valence-corrected chi connectivity index (χ0v) is 11.0. The van der Waals surface area contributed by atoms with Gasteiger partial charge in [-0.1, -0.05) is 19.8 Å². The molecule has 0 saturated heterocycles. The fraction of sp³-hybridized carbons (Fsp3) is 0.533. The highest BCUT2D eigenvalue weighted by Crippen LogP contribution is 2.36. The van der Waals surface area contributed by atoms with Crippen LogP contribution in [0.2, 0.25) is 0 Å². The van der Waals surface area contributed by atoms with Gasteiger partial charge in [0.15, 0.2) is 5.75 Å². The minimum absolute atomic E-state index is 0.210. The highest BCUT2D eigenvalue weighted by atomic mass is 16.3. The average molecular weight is 248 g/mol. The van der Waals surface area contributed by atoms with E-state index in [0.29, 0.717) is 5.92 Å². The fourth-order valence-corrected chi connectivity index (χ4v) is 2.94. The maximum absolute atomic E-state index is 11.6. The molecule has 0 radical (unpaired) electrons. The van der Waals surface area contributed by atoms with E-state index >= 15 is 0 Å². The molecule has 3 nitrogen and oxygen atoms in total. The van der Waals surface area contributed by atoms with E-state index in [4.69, 9.17) is 0 Å². The van der Waals surface area contributed by atoms with Crippen LogP contribution in [0.15, 0.2) is 10.9 Å². The van der Waals surface area contributed by atoms with E-state index in [1.165, 1.54) is 12.5 Å². The van der Waals surface area contributed by atoms with E-state index in [1.54, 1.807) is 0 Å². The van der Waals surface area contributed by atoms with Crippen molar-refractivity contribution in [3.05, 3.63) is 33.0 Å². The second-order valence-electron chi connectivity index (χ2n) is 5.24. The Morgan fingerprint density at radius 1 is 1.28 bits per heavy atom. The summed E-state index contributed by atoms with van der Waals surface area (Å²) in [5.41, 5.74) is 2.20. The van der Waals surface area contributed by atoms with Crippen LogP contribution in [0, 0.1) is 12.8 Å². The lowest BCUT2D eigenvalue weighted by atomic mass is 9.81. The smallest absolute Gasteiger partial charge is 0.224 e. The molecule has 18 heavy (non-hydrogen) atoms. The van der Waals surface area contributed by atoms with Gasteiger partial charge in [0.2, 0.25) is 11.2 Å². The standard InChI is InChI=1S/C15H20O3/c1-3-4-10-5-6-11-12(8-10)9(2)7-13(16)15(18)14(11)17/h7,10H,3-6,8H2,1-2H3,(H2,16,17,18). The first-order valence-corrected chi connectivity index (χ1v) is 6.62. The molecule has 2 N–H and O–H groups in total. The lowest BCUT2D eigenvalue weighted by molar-refractivity contribution is 0.381. The molecule has 1 atom stereocenters. The van der Waals surface area contributed by atoms with Crippen LogP contribution in [0.5, 0.6) is 11.5 Å². The quantitative estimate of drug-likeness (QED) is 0.846. The second-order valence-corrected chi connectivity index (χ2v) is 5.24. The zero-order valence-electron chi connectivity index (χ0n) is 11.0. The molecule has 0 amide bonds. The van der Waals surface area contributed by atoms with Crippen molar-refractivity contribution in [1.82, 2.24) is 0 Å². The van der Waals surface area contributed by atoms with E-state index in [2.05, 4.69) is 6.92 Å². The number of hydrogen-bond donors (Lipinski definition) is 2. The molecule has 0 aromatic heterocycles. The van der Waals surface area contributed by atoms with Crippen molar-refractivity contribution in [3.63, 3.8) is 0 Å². The molecule has 1 aliphatic carbocycles. The Balaban J connectivity index is 2.55. The summed E-state index contributed by atoms with van der Waals surface area (Å²) in [6, 6.07) is 1.43. The maximum Gasteiger partial charge on any atom is 0.224 e. The van der Waals surface area contributed by atoms with Crippen molar-refractivity contribution in [2.24, 2.45) is 5.92 Å². The van der Waals surface area contributed by atoms with E-state index < -0.39 is 11.2 Å². The van der Waals surface area contributed by atoms with Gasteiger partial charge in [0.25, 0.3) is 0 Å². The molecular weight excluding hydrogens is 228 g/mol. The zero-order chi connectivity index (χ0) is 13.3. The summed E-state index contributed by atoms with van der Waals surface area (Å²) < 4.78 is 0. The number of fused-ring (bicyclic) bond motifs is 1. The third kappa shape index (κ3) is 2.22. The van der Waals surface area contributed by atoms with Gasteiger partial charge < -0.3 is 10.2 Å². The minimum atomic E-state index is -0.506. The summed E-state index contributed by atoms with van der Waals surface area (Å²) in [5, 5.41) is 19.6. The Morgan fingerprint density at radius 3 is 2.67 bits per heavy atom. The first kappa shape index (κ1) is 12.9. The van der Waals surface area contributed by atoms with E-state index in [9.17, 15) is 15.0 Å². The van der Waals surface area contributed by atoms with Crippen LogP contribution in [0.25, 0.3) is 0 Å². The predicted molar refractivity (Wildman–Crippen MR) is 71.2 cm³/mol. The maximum atomic E-state index is 11.6. The molecule has 1 unspecified atom stereocenters. The van der Waals surface area contributed by atoms with Crippen molar-refractivity contribution in [2.45, 2.75) is 46.0 Å². The van der Waals surface area contributed by atoms with Gasteiger partial charge in [-0.15, -0.1) is 0 Å². The minimum Gasteiger partial charge on any atom is -0.504 e. The second kappa shape index (κ2) is 5.01. The highest BCUT2D eigenvalue weighted by molar-refractivity contribution is 5.50. The summed E-state index contributed by atoms with van der Waals surface area (Å²) in [4.78, 5) is 11.6. The van der Waals surface area contributed by atoms with Crippen molar-refractivity contribution in [1.29, 1.82) is 0 Å². The van der Waals surface area contributed by atoms with Crippen LogP contribution < -0.4 is 5.43 Å². The fourth-order valence-electron chi connectivity index (χ4n) is 2.94. The Kier molecular flexibility index (Phi) is 3.60. The van der Waals surface area contributed by atoms with Crippen LogP contribution in [0.3, 0.4) is 0 Å². The van der Waals surface area contributed by atoms with E-state index in [-0.39, 0.29) is 5.75 Å². The van der Waals surface area contributed by atoms with Gasteiger partial charge in [-0.2, -0.15) is 0 Å². The Bertz CT molecular complexity index is 520. The first-order chi connectivity index (χ1) is 8.54. The van der Waals surface area contributed by atoms with Crippen LogP contribution in [0.1, 0.15) is 42.9 Å². The predicted octanol–water partition coefficient (Wildman–Crippen LogP) is 2.67. The van der Waals surface area contributed by atoms with Crippen molar-refractivity contribution < 1.29 is 10.2 Å². The molecule has 0 aliphatic heterocycles. The number of aryl methyl sites for hydroxylation is 1. The Labute approximate surface area is 107 Å². The topological polar surface area (TPSA) is 57.5 Å². The van der Waals surface area contributed by atoms with Crippen molar-refractivity contribution >= 4 is 0 Å². The Hall–Kier alpha value is -1.51. The van der Waals surface area contributed by atoms with Gasteiger partial charge in [-0.25, -0.2) is 0 Å². The lowest BCUT2D eigenvalue weighted by Crippen LogP contribution is -2.14. The van der Waals surface area contributed by atoms with Crippen LogP contribution >= 0.6 is 0 Å². The van der Waals surface area contributed by atoms with Crippen LogP contribution in [-0.4, -0.2) is 10.2 Å². The van der Waals surface area contributed by atoms with Gasteiger partial charge in [-0.05, 0) is 49.3 Å². The highest BCUT2D eigenvalue weighted by Gasteiger charge is 2.23. The molecule has 0 heterocycles. The van der Waals surface area contributed by atoms with Gasteiger partial charge in [0, 0.05) is 5.56 Å². The van der Waals surface area contributed by atoms with Crippen molar-refractivity contribution in [2.75, 3.05) is 0 Å². The molecule has 0 saturated carbocycles. The van der Waals surface area contributed by atoms with Gasteiger partial charge >= 0.3 is 0 Å². The number of hydrogen-bond acceptors (Lipinski definition) is 3. The number of rotatable bonds is 2. The lowest BCUT2D eigenvalue weighted by Gasteiger charge is -2.24. The normalized spacial score (nSPS) is 18.4. The van der Waals surface area contributed by atoms with Crippen molar-refractivity contribution in [3.8, 4) is 11.5 Å². The molecule has 0 spiro atoms. The molecular formula is C15H20O3. The summed E-state index contributed by atoms with van der Waals surface area (Å²) in [5.74, 6) is -0.0911. The van der Waals surface area contributed by atoms with Gasteiger partial charge in [0.1, 0.15) is 0 Å².